The van der Waals surface area contributed by atoms with Gasteiger partial charge in [0.1, 0.15) is 6.29 Å². The van der Waals surface area contributed by atoms with Crippen LogP contribution in [0.15, 0.2) is 0 Å². The molecule has 5 heteroatoms. The van der Waals surface area contributed by atoms with E-state index in [0.717, 1.165) is 51.5 Å². The Morgan fingerprint density at radius 1 is 0.833 bits per heavy atom. The van der Waals surface area contributed by atoms with Crippen LogP contribution in [-0.2, 0) is 9.59 Å². The fraction of sp³-hybridized carbons (Fsp3) is 0.920. The van der Waals surface area contributed by atoms with E-state index in [9.17, 15) is 14.7 Å². The molecule has 0 aromatic carbocycles. The predicted molar refractivity (Wildman–Crippen MR) is 127 cm³/mol. The maximum atomic E-state index is 12.3. The van der Waals surface area contributed by atoms with Gasteiger partial charge in [-0.05, 0) is 32.2 Å². The average molecular weight is 427 g/mol. The lowest BCUT2D eigenvalue weighted by Crippen LogP contribution is -2.43. The standard InChI is InChI=1S/C25H50N2O3/c1-3-5-7-8-9-10-11-12-13-18-24(29)21-25(30)27-23(17-14-16-20-28)22-26-19-15-6-4-2/h20,23-24,26,29H,3-19,21-22H2,1-2H3,(H,27,30)/t23?,24-/m1/s1. The van der Waals surface area contributed by atoms with Crippen LogP contribution in [-0.4, -0.2) is 42.5 Å². The highest BCUT2D eigenvalue weighted by atomic mass is 16.3. The monoisotopic (exact) mass is 426 g/mol. The van der Waals surface area contributed by atoms with Crippen molar-refractivity contribution in [1.29, 1.82) is 0 Å². The zero-order chi connectivity index (χ0) is 22.3. The number of rotatable bonds is 23. The molecular weight excluding hydrogens is 376 g/mol. The highest BCUT2D eigenvalue weighted by Gasteiger charge is 2.15. The zero-order valence-electron chi connectivity index (χ0n) is 19.9. The lowest BCUT2D eigenvalue weighted by molar-refractivity contribution is -0.123. The van der Waals surface area contributed by atoms with Crippen LogP contribution in [0.2, 0.25) is 0 Å². The van der Waals surface area contributed by atoms with Crippen molar-refractivity contribution in [2.45, 2.75) is 135 Å². The molecule has 5 nitrogen and oxygen atoms in total. The highest BCUT2D eigenvalue weighted by Crippen LogP contribution is 2.12. The molecule has 0 aromatic heterocycles. The number of amides is 1. The van der Waals surface area contributed by atoms with Gasteiger partial charge in [0.05, 0.1) is 12.5 Å². The minimum Gasteiger partial charge on any atom is -0.393 e. The number of nitrogens with one attached hydrogen (secondary N) is 2. The first-order valence-corrected chi connectivity index (χ1v) is 12.8. The number of aldehydes is 1. The van der Waals surface area contributed by atoms with E-state index in [4.69, 9.17) is 0 Å². The van der Waals surface area contributed by atoms with Crippen LogP contribution in [0.25, 0.3) is 0 Å². The van der Waals surface area contributed by atoms with E-state index in [-0.39, 0.29) is 18.4 Å². The molecule has 0 radical (unpaired) electrons. The summed E-state index contributed by atoms with van der Waals surface area (Å²) in [5.74, 6) is -0.0788. The van der Waals surface area contributed by atoms with E-state index in [1.807, 2.05) is 0 Å². The zero-order valence-corrected chi connectivity index (χ0v) is 19.9. The molecule has 0 aliphatic heterocycles. The summed E-state index contributed by atoms with van der Waals surface area (Å²) in [6, 6.07) is 0.0268. The molecule has 0 aliphatic carbocycles. The Labute approximate surface area is 186 Å². The van der Waals surface area contributed by atoms with Gasteiger partial charge in [0.25, 0.3) is 0 Å². The smallest absolute Gasteiger partial charge is 0.222 e. The normalized spacial score (nSPS) is 13.2. The van der Waals surface area contributed by atoms with Crippen molar-refractivity contribution in [2.24, 2.45) is 0 Å². The van der Waals surface area contributed by atoms with Gasteiger partial charge < -0.3 is 20.5 Å². The molecule has 178 valence electrons. The van der Waals surface area contributed by atoms with Gasteiger partial charge in [0.15, 0.2) is 0 Å². The van der Waals surface area contributed by atoms with Crippen LogP contribution in [0.5, 0.6) is 0 Å². The molecule has 3 N–H and O–H groups in total. The molecule has 0 saturated carbocycles. The molecule has 1 amide bonds. The summed E-state index contributed by atoms with van der Waals surface area (Å²) in [6.07, 6.45) is 18.2. The third-order valence-corrected chi connectivity index (χ3v) is 5.65. The molecule has 0 aliphatic rings. The molecule has 30 heavy (non-hydrogen) atoms. The second-order valence-electron chi connectivity index (χ2n) is 8.75. The van der Waals surface area contributed by atoms with E-state index < -0.39 is 6.10 Å². The number of carbonyl (C=O) groups is 2. The summed E-state index contributed by atoms with van der Waals surface area (Å²) < 4.78 is 0. The van der Waals surface area contributed by atoms with Crippen LogP contribution in [0.1, 0.15) is 123 Å². The van der Waals surface area contributed by atoms with Crippen molar-refractivity contribution in [3.8, 4) is 0 Å². The van der Waals surface area contributed by atoms with E-state index in [1.54, 1.807) is 0 Å². The van der Waals surface area contributed by atoms with Crippen molar-refractivity contribution in [2.75, 3.05) is 13.1 Å². The summed E-state index contributed by atoms with van der Waals surface area (Å²) in [7, 11) is 0. The predicted octanol–water partition coefficient (Wildman–Crippen LogP) is 5.29. The Kier molecular flexibility index (Phi) is 22.0. The largest absolute Gasteiger partial charge is 0.393 e. The number of carbonyl (C=O) groups excluding carboxylic acids is 2. The maximum Gasteiger partial charge on any atom is 0.222 e. The van der Waals surface area contributed by atoms with E-state index in [0.29, 0.717) is 12.8 Å². The van der Waals surface area contributed by atoms with Crippen molar-refractivity contribution >= 4 is 12.2 Å². The Morgan fingerprint density at radius 2 is 1.43 bits per heavy atom. The molecule has 0 bridgehead atoms. The van der Waals surface area contributed by atoms with Crippen LogP contribution in [0.3, 0.4) is 0 Å². The highest BCUT2D eigenvalue weighted by molar-refractivity contribution is 5.76. The van der Waals surface area contributed by atoms with E-state index in [1.165, 1.54) is 57.8 Å². The third kappa shape index (κ3) is 20.3. The number of aliphatic hydroxyl groups is 1. The van der Waals surface area contributed by atoms with Gasteiger partial charge in [-0.1, -0.05) is 84.5 Å². The Balaban J connectivity index is 3.91. The SMILES string of the molecule is CCCCCCCCCCC[C@@H](O)CC(=O)NC(CCCC=O)CNCCCCC. The Hall–Kier alpha value is -0.940. The lowest BCUT2D eigenvalue weighted by atomic mass is 10.0. The van der Waals surface area contributed by atoms with Gasteiger partial charge in [-0.15, -0.1) is 0 Å². The van der Waals surface area contributed by atoms with Gasteiger partial charge in [-0.25, -0.2) is 0 Å². The van der Waals surface area contributed by atoms with Crippen molar-refractivity contribution < 1.29 is 14.7 Å². The first-order valence-electron chi connectivity index (χ1n) is 12.8. The Morgan fingerprint density at radius 3 is 2.07 bits per heavy atom. The number of hydrogen-bond acceptors (Lipinski definition) is 4. The van der Waals surface area contributed by atoms with Gasteiger partial charge in [-0.3, -0.25) is 4.79 Å². The van der Waals surface area contributed by atoms with Crippen LogP contribution >= 0.6 is 0 Å². The van der Waals surface area contributed by atoms with Crippen LogP contribution < -0.4 is 10.6 Å². The first-order chi connectivity index (χ1) is 14.6. The fourth-order valence-corrected chi connectivity index (χ4v) is 3.74. The number of unbranched alkanes of at least 4 members (excludes halogenated alkanes) is 11. The van der Waals surface area contributed by atoms with Crippen LogP contribution in [0.4, 0.5) is 0 Å². The van der Waals surface area contributed by atoms with Crippen LogP contribution in [0, 0.1) is 0 Å². The summed E-state index contributed by atoms with van der Waals surface area (Å²) >= 11 is 0. The molecule has 0 fully saturated rings. The molecule has 1 unspecified atom stereocenters. The van der Waals surface area contributed by atoms with Gasteiger partial charge in [-0.2, -0.15) is 0 Å². The maximum absolute atomic E-state index is 12.3. The minimum absolute atomic E-state index is 0.0268. The van der Waals surface area contributed by atoms with E-state index >= 15 is 0 Å². The van der Waals surface area contributed by atoms with Gasteiger partial charge >= 0.3 is 0 Å². The third-order valence-electron chi connectivity index (χ3n) is 5.65. The second-order valence-corrected chi connectivity index (χ2v) is 8.75. The van der Waals surface area contributed by atoms with Crippen molar-refractivity contribution in [1.82, 2.24) is 10.6 Å². The summed E-state index contributed by atoms with van der Waals surface area (Å²) in [5.41, 5.74) is 0. The fourth-order valence-electron chi connectivity index (χ4n) is 3.74. The summed E-state index contributed by atoms with van der Waals surface area (Å²) in [6.45, 7) is 6.10. The topological polar surface area (TPSA) is 78.4 Å². The first kappa shape index (κ1) is 29.1. The number of hydrogen-bond donors (Lipinski definition) is 3. The van der Waals surface area contributed by atoms with Gasteiger partial charge in [0.2, 0.25) is 5.91 Å². The van der Waals surface area contributed by atoms with E-state index in [2.05, 4.69) is 24.5 Å². The molecule has 0 aromatic rings. The second kappa shape index (κ2) is 22.7. The molecular formula is C25H50N2O3. The van der Waals surface area contributed by atoms with Crippen molar-refractivity contribution in [3.63, 3.8) is 0 Å². The minimum atomic E-state index is -0.553. The lowest BCUT2D eigenvalue weighted by Gasteiger charge is -2.20. The summed E-state index contributed by atoms with van der Waals surface area (Å²) in [4.78, 5) is 22.9. The van der Waals surface area contributed by atoms with Gasteiger partial charge in [0, 0.05) is 19.0 Å². The summed E-state index contributed by atoms with van der Waals surface area (Å²) in [5, 5.41) is 16.7. The Bertz CT molecular complexity index is 391. The number of aliphatic hydroxyl groups excluding tert-OH is 1. The average Bonchev–Trinajstić information content (AvgIpc) is 2.72. The molecule has 0 heterocycles. The molecule has 2 atom stereocenters. The molecule has 0 rings (SSSR count). The van der Waals surface area contributed by atoms with Crippen molar-refractivity contribution in [3.05, 3.63) is 0 Å². The molecule has 0 saturated heterocycles. The molecule has 0 spiro atoms. The quantitative estimate of drug-likeness (QED) is 0.153.